The van der Waals surface area contributed by atoms with Gasteiger partial charge in [0.15, 0.2) is 6.29 Å². The van der Waals surface area contributed by atoms with Crippen LogP contribution in [0.5, 0.6) is 0 Å². The van der Waals surface area contributed by atoms with E-state index < -0.39 is 0 Å². The maximum absolute atomic E-state index is 11.1. The third-order valence-corrected chi connectivity index (χ3v) is 3.92. The average Bonchev–Trinajstić information content (AvgIpc) is 2.85. The quantitative estimate of drug-likeness (QED) is 0.868. The van der Waals surface area contributed by atoms with Crippen LogP contribution < -0.4 is 5.32 Å². The Hall–Kier alpha value is -2.10. The van der Waals surface area contributed by atoms with Crippen molar-refractivity contribution in [3.8, 4) is 0 Å². The van der Waals surface area contributed by atoms with Gasteiger partial charge in [-0.3, -0.25) is 4.79 Å². The molecule has 20 heavy (non-hydrogen) atoms. The molecule has 2 heterocycles. The van der Waals surface area contributed by atoms with Crippen LogP contribution in [0.15, 0.2) is 24.3 Å². The molecule has 104 valence electrons. The Morgan fingerprint density at radius 2 is 2.20 bits per heavy atom. The minimum Gasteiger partial charge on any atom is -0.369 e. The fourth-order valence-electron chi connectivity index (χ4n) is 2.80. The summed E-state index contributed by atoms with van der Waals surface area (Å²) < 4.78 is 2.16. The van der Waals surface area contributed by atoms with Gasteiger partial charge in [0.2, 0.25) is 0 Å². The van der Waals surface area contributed by atoms with Crippen molar-refractivity contribution in [2.45, 2.75) is 32.7 Å². The molecule has 0 aliphatic carbocycles. The van der Waals surface area contributed by atoms with E-state index in [1.807, 2.05) is 0 Å². The molecule has 1 N–H and O–H groups in total. The lowest BCUT2D eigenvalue weighted by molar-refractivity contribution is 0.112. The fraction of sp³-hybridized carbons (Fsp3) is 0.375. The lowest BCUT2D eigenvalue weighted by atomic mass is 10.0. The van der Waals surface area contributed by atoms with Crippen LogP contribution >= 0.6 is 0 Å². The van der Waals surface area contributed by atoms with Crippen molar-refractivity contribution in [1.29, 1.82) is 0 Å². The van der Waals surface area contributed by atoms with Crippen molar-refractivity contribution in [3.05, 3.63) is 46.9 Å². The Kier molecular flexibility index (Phi) is 3.54. The summed E-state index contributed by atoms with van der Waals surface area (Å²) in [7, 11) is 0. The number of anilines is 1. The number of fused-ring (bicyclic) bond motifs is 1. The number of carbonyl (C=O) groups excluding carboxylic acids is 1. The summed E-state index contributed by atoms with van der Waals surface area (Å²) in [6.07, 6.45) is 3.76. The van der Waals surface area contributed by atoms with E-state index in [2.05, 4.69) is 46.1 Å². The Labute approximate surface area is 118 Å². The van der Waals surface area contributed by atoms with E-state index in [1.165, 1.54) is 11.1 Å². The molecule has 0 saturated heterocycles. The van der Waals surface area contributed by atoms with Crippen LogP contribution in [-0.2, 0) is 19.4 Å². The molecular weight excluding hydrogens is 250 g/mol. The zero-order valence-electron chi connectivity index (χ0n) is 11.7. The summed E-state index contributed by atoms with van der Waals surface area (Å²) in [4.78, 5) is 15.6. The number of aromatic nitrogens is 2. The smallest absolute Gasteiger partial charge is 0.172 e. The molecule has 1 aliphatic rings. The largest absolute Gasteiger partial charge is 0.369 e. The molecular formula is C16H19N3O. The van der Waals surface area contributed by atoms with Gasteiger partial charge in [0.25, 0.3) is 0 Å². The van der Waals surface area contributed by atoms with Crippen LogP contribution in [0, 0.1) is 6.92 Å². The highest BCUT2D eigenvalue weighted by Crippen LogP contribution is 2.22. The SMILES string of the molecule is Cc1ccccc1CCc1nc(C=O)c2n1CCCN2. The fourth-order valence-corrected chi connectivity index (χ4v) is 2.80. The van der Waals surface area contributed by atoms with Gasteiger partial charge in [0.05, 0.1) is 0 Å². The standard InChI is InChI=1S/C16H19N3O/c1-12-5-2-3-6-13(12)7-8-15-18-14(11-20)16-17-9-4-10-19(15)16/h2-3,5-6,11,17H,4,7-10H2,1H3. The first-order valence-corrected chi connectivity index (χ1v) is 7.12. The summed E-state index contributed by atoms with van der Waals surface area (Å²) in [6, 6.07) is 8.43. The first-order valence-electron chi connectivity index (χ1n) is 7.12. The lowest BCUT2D eigenvalue weighted by Crippen LogP contribution is -2.19. The predicted molar refractivity (Wildman–Crippen MR) is 79.3 cm³/mol. The van der Waals surface area contributed by atoms with E-state index in [4.69, 9.17) is 0 Å². The summed E-state index contributed by atoms with van der Waals surface area (Å²) in [5, 5.41) is 3.28. The monoisotopic (exact) mass is 269 g/mol. The summed E-state index contributed by atoms with van der Waals surface area (Å²) in [6.45, 7) is 4.00. The Balaban J connectivity index is 1.83. The highest BCUT2D eigenvalue weighted by atomic mass is 16.1. The maximum atomic E-state index is 11.1. The third kappa shape index (κ3) is 2.33. The van der Waals surface area contributed by atoms with Gasteiger partial charge in [-0.25, -0.2) is 4.98 Å². The molecule has 0 atom stereocenters. The Bertz CT molecular complexity index is 631. The zero-order chi connectivity index (χ0) is 13.9. The number of hydrogen-bond donors (Lipinski definition) is 1. The number of carbonyl (C=O) groups is 1. The van der Waals surface area contributed by atoms with Crippen molar-refractivity contribution in [1.82, 2.24) is 9.55 Å². The number of nitrogens with one attached hydrogen (secondary N) is 1. The van der Waals surface area contributed by atoms with E-state index >= 15 is 0 Å². The van der Waals surface area contributed by atoms with Gasteiger partial charge >= 0.3 is 0 Å². The van der Waals surface area contributed by atoms with Crippen LogP contribution in [0.4, 0.5) is 5.82 Å². The topological polar surface area (TPSA) is 46.9 Å². The van der Waals surface area contributed by atoms with Gasteiger partial charge in [-0.2, -0.15) is 0 Å². The highest BCUT2D eigenvalue weighted by molar-refractivity contribution is 5.80. The van der Waals surface area contributed by atoms with Gasteiger partial charge < -0.3 is 9.88 Å². The van der Waals surface area contributed by atoms with E-state index in [0.717, 1.165) is 50.3 Å². The predicted octanol–water partition coefficient (Wildman–Crippen LogP) is 2.60. The normalized spacial score (nSPS) is 13.7. The van der Waals surface area contributed by atoms with E-state index in [0.29, 0.717) is 5.69 Å². The number of benzene rings is 1. The molecule has 2 aromatic rings. The molecule has 0 bridgehead atoms. The van der Waals surface area contributed by atoms with Crippen LogP contribution in [0.3, 0.4) is 0 Å². The van der Waals surface area contributed by atoms with Gasteiger partial charge in [0.1, 0.15) is 17.3 Å². The molecule has 0 spiro atoms. The second-order valence-corrected chi connectivity index (χ2v) is 5.24. The number of hydrogen-bond acceptors (Lipinski definition) is 3. The first kappa shape index (κ1) is 12.9. The first-order chi connectivity index (χ1) is 9.79. The zero-order valence-corrected chi connectivity index (χ0v) is 11.7. The van der Waals surface area contributed by atoms with Gasteiger partial charge in [-0.1, -0.05) is 24.3 Å². The molecule has 4 heteroatoms. The second kappa shape index (κ2) is 5.49. The van der Waals surface area contributed by atoms with Crippen LogP contribution in [0.2, 0.25) is 0 Å². The van der Waals surface area contributed by atoms with Gasteiger partial charge in [0, 0.05) is 19.5 Å². The van der Waals surface area contributed by atoms with Crippen molar-refractivity contribution in [2.24, 2.45) is 0 Å². The lowest BCUT2D eigenvalue weighted by Gasteiger charge is -2.18. The Morgan fingerprint density at radius 1 is 1.35 bits per heavy atom. The van der Waals surface area contributed by atoms with Crippen molar-refractivity contribution in [3.63, 3.8) is 0 Å². The molecule has 0 fully saturated rings. The van der Waals surface area contributed by atoms with Crippen molar-refractivity contribution >= 4 is 12.1 Å². The molecule has 1 aromatic heterocycles. The number of aldehydes is 1. The molecule has 0 saturated carbocycles. The second-order valence-electron chi connectivity index (χ2n) is 5.24. The van der Waals surface area contributed by atoms with Crippen LogP contribution in [0.1, 0.15) is 33.9 Å². The Morgan fingerprint density at radius 3 is 3.00 bits per heavy atom. The van der Waals surface area contributed by atoms with Crippen LogP contribution in [0.25, 0.3) is 0 Å². The minimum absolute atomic E-state index is 0.546. The summed E-state index contributed by atoms with van der Waals surface area (Å²) in [5.74, 6) is 1.91. The average molecular weight is 269 g/mol. The maximum Gasteiger partial charge on any atom is 0.172 e. The van der Waals surface area contributed by atoms with Crippen molar-refractivity contribution in [2.75, 3.05) is 11.9 Å². The van der Waals surface area contributed by atoms with E-state index in [9.17, 15) is 4.79 Å². The molecule has 0 amide bonds. The molecule has 3 rings (SSSR count). The molecule has 1 aliphatic heterocycles. The van der Waals surface area contributed by atoms with E-state index in [-0.39, 0.29) is 0 Å². The van der Waals surface area contributed by atoms with Crippen LogP contribution in [-0.4, -0.2) is 22.4 Å². The molecule has 4 nitrogen and oxygen atoms in total. The number of nitrogens with zero attached hydrogens (tertiary/aromatic N) is 2. The van der Waals surface area contributed by atoms with Gasteiger partial charge in [-0.05, 0) is 30.9 Å². The summed E-state index contributed by atoms with van der Waals surface area (Å²) >= 11 is 0. The molecule has 1 aromatic carbocycles. The molecule has 0 radical (unpaired) electrons. The van der Waals surface area contributed by atoms with Gasteiger partial charge in [-0.15, -0.1) is 0 Å². The molecule has 0 unspecified atom stereocenters. The summed E-state index contributed by atoms with van der Waals surface area (Å²) in [5.41, 5.74) is 3.21. The van der Waals surface area contributed by atoms with Crippen molar-refractivity contribution < 1.29 is 4.79 Å². The number of aryl methyl sites for hydroxylation is 3. The third-order valence-electron chi connectivity index (χ3n) is 3.92. The minimum atomic E-state index is 0.546. The number of imidazole rings is 1. The van der Waals surface area contributed by atoms with E-state index in [1.54, 1.807) is 0 Å². The number of rotatable bonds is 4. The highest BCUT2D eigenvalue weighted by Gasteiger charge is 2.19.